The molecule has 46 valence electrons. The van der Waals surface area contributed by atoms with Crippen molar-refractivity contribution in [3.63, 3.8) is 0 Å². The molecule has 0 N–H and O–H groups in total. The fourth-order valence-electron chi connectivity index (χ4n) is 0.671. The molecule has 0 amide bonds. The second-order valence-corrected chi connectivity index (χ2v) is 2.07. The molecule has 1 aromatic rings. The number of allylic oxidation sites excluding steroid dienone is 1. The zero-order valence-corrected chi connectivity index (χ0v) is 6.52. The van der Waals surface area contributed by atoms with Crippen LogP contribution in [-0.4, -0.2) is 0 Å². The molecule has 0 atom stereocenters. The zero-order valence-electron chi connectivity index (χ0n) is 6.52. The zero-order chi connectivity index (χ0) is 6.69. The maximum absolute atomic E-state index is 3.81. The van der Waals surface area contributed by atoms with Gasteiger partial charge in [-0.05, 0) is 6.92 Å². The molecule has 1 rings (SSSR count). The molecule has 0 aromatic heterocycles. The van der Waals surface area contributed by atoms with Crippen molar-refractivity contribution in [3.8, 4) is 0 Å². The molecule has 0 fully saturated rings. The molecular weight excluding hydrogens is 115 g/mol. The monoisotopic (exact) mass is 124 g/mol. The average Bonchev–Trinajstić information content (AvgIpc) is 1.90. The number of hydrogen-bond acceptors (Lipinski definition) is 0. The van der Waals surface area contributed by atoms with E-state index in [1.807, 2.05) is 31.2 Å². The summed E-state index contributed by atoms with van der Waals surface area (Å²) in [5, 5.41) is 0. The first kappa shape index (κ1) is 9.56. The summed E-state index contributed by atoms with van der Waals surface area (Å²) in [5.74, 6) is 0. The Labute approximate surface area is 74.1 Å². The second kappa shape index (κ2) is 4.39. The summed E-state index contributed by atoms with van der Waals surface area (Å²) >= 11 is 0. The third kappa shape index (κ3) is 2.43. The second-order valence-electron chi connectivity index (χ2n) is 2.07. The molecule has 0 aliphatic heterocycles. The van der Waals surface area contributed by atoms with E-state index in [1.54, 1.807) is 0 Å². The smallest absolute Gasteiger partial charge is 0.184 e. The molecule has 0 nitrogen and oxygen atoms in total. The summed E-state index contributed by atoms with van der Waals surface area (Å²) in [6, 6.07) is 10.7. The van der Waals surface area contributed by atoms with Gasteiger partial charge in [0.1, 0.15) is 0 Å². The van der Waals surface area contributed by atoms with Crippen LogP contribution < -0.4 is 18.9 Å². The molecule has 0 radical (unpaired) electrons. The van der Waals surface area contributed by atoms with Crippen LogP contribution in [0, 0.1) is 6.07 Å². The quantitative estimate of drug-likeness (QED) is 0.350. The fourth-order valence-corrected chi connectivity index (χ4v) is 0.671. The van der Waals surface area contributed by atoms with Crippen LogP contribution in [0.4, 0.5) is 0 Å². The van der Waals surface area contributed by atoms with E-state index in [2.05, 4.69) is 12.6 Å². The topological polar surface area (TPSA) is 0 Å². The van der Waals surface area contributed by atoms with Crippen LogP contribution in [0.2, 0.25) is 0 Å². The molecule has 0 aliphatic carbocycles. The molecule has 0 heterocycles. The fraction of sp³-hybridized carbons (Fsp3) is 0.111. The first-order chi connectivity index (χ1) is 4.30. The summed E-state index contributed by atoms with van der Waals surface area (Å²) in [6.45, 7) is 5.81. The van der Waals surface area contributed by atoms with Crippen LogP contribution in [0.25, 0.3) is 5.57 Å². The van der Waals surface area contributed by atoms with Gasteiger partial charge in [0.25, 0.3) is 0 Å². The maximum atomic E-state index is 3.81. The number of rotatable bonds is 1. The van der Waals surface area contributed by atoms with E-state index in [1.165, 1.54) is 5.56 Å². The SMILES string of the molecule is C=C(C)c1cc[c-]cc1.[Li+]. The molecule has 1 heteroatoms. The Kier molecular flexibility index (Phi) is 4.19. The van der Waals surface area contributed by atoms with Crippen LogP contribution in [-0.2, 0) is 0 Å². The van der Waals surface area contributed by atoms with E-state index >= 15 is 0 Å². The van der Waals surface area contributed by atoms with Gasteiger partial charge in [0.05, 0.1) is 0 Å². The van der Waals surface area contributed by atoms with Gasteiger partial charge < -0.3 is 0 Å². The Bertz CT molecular complexity index is 201. The van der Waals surface area contributed by atoms with Crippen LogP contribution in [0.5, 0.6) is 0 Å². The van der Waals surface area contributed by atoms with E-state index in [4.69, 9.17) is 0 Å². The van der Waals surface area contributed by atoms with E-state index in [-0.39, 0.29) is 18.9 Å². The van der Waals surface area contributed by atoms with E-state index in [0.29, 0.717) is 0 Å². The minimum absolute atomic E-state index is 0. The van der Waals surface area contributed by atoms with Crippen LogP contribution >= 0.6 is 0 Å². The molecule has 0 spiro atoms. The maximum Gasteiger partial charge on any atom is 1.00 e. The molecule has 0 bridgehead atoms. The van der Waals surface area contributed by atoms with E-state index in [0.717, 1.165) is 5.57 Å². The van der Waals surface area contributed by atoms with Gasteiger partial charge >= 0.3 is 18.9 Å². The predicted molar refractivity (Wildman–Crippen MR) is 40.0 cm³/mol. The summed E-state index contributed by atoms with van der Waals surface area (Å²) < 4.78 is 0. The Morgan fingerprint density at radius 2 is 1.90 bits per heavy atom. The summed E-state index contributed by atoms with van der Waals surface area (Å²) in [6.07, 6.45) is 0. The van der Waals surface area contributed by atoms with Crippen molar-refractivity contribution in [1.82, 2.24) is 0 Å². The molecular formula is C9H9Li. The van der Waals surface area contributed by atoms with Gasteiger partial charge in [-0.3, -0.25) is 0 Å². The molecule has 10 heavy (non-hydrogen) atoms. The van der Waals surface area contributed by atoms with Gasteiger partial charge in [-0.2, -0.15) is 30.3 Å². The van der Waals surface area contributed by atoms with Gasteiger partial charge in [0, 0.05) is 0 Å². The number of hydrogen-bond donors (Lipinski definition) is 0. The van der Waals surface area contributed by atoms with E-state index in [9.17, 15) is 0 Å². The van der Waals surface area contributed by atoms with Gasteiger partial charge in [0.2, 0.25) is 0 Å². The Hall–Kier alpha value is -0.443. The minimum atomic E-state index is 0. The van der Waals surface area contributed by atoms with Crippen molar-refractivity contribution in [2.24, 2.45) is 0 Å². The third-order valence-corrected chi connectivity index (χ3v) is 1.21. The van der Waals surface area contributed by atoms with Crippen LogP contribution in [0.15, 0.2) is 30.8 Å². The summed E-state index contributed by atoms with van der Waals surface area (Å²) in [7, 11) is 0. The van der Waals surface area contributed by atoms with Crippen molar-refractivity contribution in [2.75, 3.05) is 0 Å². The first-order valence-corrected chi connectivity index (χ1v) is 2.92. The van der Waals surface area contributed by atoms with Crippen LogP contribution in [0.1, 0.15) is 12.5 Å². The van der Waals surface area contributed by atoms with E-state index < -0.39 is 0 Å². The molecule has 1 aromatic carbocycles. The Morgan fingerprint density at radius 3 is 2.20 bits per heavy atom. The largest absolute Gasteiger partial charge is 1.00 e. The standard InChI is InChI=1S/C9H9.Li/c1-8(2)9-6-4-3-5-7-9;/h4-7H,1H2,2H3;/q-1;+1. The first-order valence-electron chi connectivity index (χ1n) is 2.92. The van der Waals surface area contributed by atoms with Gasteiger partial charge in [-0.15, -0.1) is 5.56 Å². The predicted octanol–water partition coefficient (Wildman–Crippen LogP) is -0.476. The molecule has 0 unspecified atom stereocenters. The van der Waals surface area contributed by atoms with Gasteiger partial charge in [-0.25, -0.2) is 0 Å². The number of benzene rings is 1. The molecule has 0 saturated heterocycles. The molecule has 0 saturated carbocycles. The Balaban J connectivity index is 0.000000810. The van der Waals surface area contributed by atoms with Gasteiger partial charge in [0.15, 0.2) is 0 Å². The normalized spacial score (nSPS) is 8.10. The summed E-state index contributed by atoms with van der Waals surface area (Å²) in [4.78, 5) is 0. The third-order valence-electron chi connectivity index (χ3n) is 1.21. The van der Waals surface area contributed by atoms with Crippen molar-refractivity contribution in [2.45, 2.75) is 6.92 Å². The van der Waals surface area contributed by atoms with Gasteiger partial charge in [-0.1, -0.05) is 12.2 Å². The average molecular weight is 124 g/mol. The Morgan fingerprint density at radius 1 is 1.40 bits per heavy atom. The minimum Gasteiger partial charge on any atom is -0.184 e. The molecule has 0 aliphatic rings. The summed E-state index contributed by atoms with van der Waals surface area (Å²) in [5.41, 5.74) is 2.29. The van der Waals surface area contributed by atoms with Crippen molar-refractivity contribution in [1.29, 1.82) is 0 Å². The van der Waals surface area contributed by atoms with Crippen molar-refractivity contribution < 1.29 is 18.9 Å². The van der Waals surface area contributed by atoms with Crippen LogP contribution in [0.3, 0.4) is 0 Å². The van der Waals surface area contributed by atoms with Crippen molar-refractivity contribution >= 4 is 5.57 Å². The van der Waals surface area contributed by atoms with Crippen molar-refractivity contribution in [3.05, 3.63) is 42.5 Å².